The second kappa shape index (κ2) is 9.00. The number of carbonyl (C=O) groups excluding carboxylic acids is 3. The Bertz CT molecular complexity index is 587. The third-order valence-electron chi connectivity index (χ3n) is 3.41. The molecule has 24 heavy (non-hydrogen) atoms. The minimum Gasteiger partial charge on any atom is -0.368 e. The predicted octanol–water partition coefficient (Wildman–Crippen LogP) is 0.889. The molecule has 0 aliphatic heterocycles. The molecule has 6 nitrogen and oxygen atoms in total. The van der Waals surface area contributed by atoms with Gasteiger partial charge in [0.25, 0.3) is 0 Å². The van der Waals surface area contributed by atoms with Gasteiger partial charge in [-0.25, -0.2) is 4.39 Å². The highest BCUT2D eigenvalue weighted by Crippen LogP contribution is 2.08. The standard InChI is InChI=1S/C17H24FN3O3/c1-10(2)8-14(16(19)23)21-17(24)15(20-11(3)22)9-12-4-6-13(18)7-5-12/h4-7,10,14-15H,8-9H2,1-3H3,(H2,19,23)(H,20,22)(H,21,24)/t14-,15-/m1/s1. The summed E-state index contributed by atoms with van der Waals surface area (Å²) >= 11 is 0. The van der Waals surface area contributed by atoms with Crippen molar-refractivity contribution in [3.8, 4) is 0 Å². The number of rotatable bonds is 8. The maximum Gasteiger partial charge on any atom is 0.243 e. The SMILES string of the molecule is CC(=O)N[C@H](Cc1ccc(F)cc1)C(=O)N[C@H](CC(C)C)C(N)=O. The third kappa shape index (κ3) is 6.76. The van der Waals surface area contributed by atoms with Gasteiger partial charge in [0.15, 0.2) is 0 Å². The van der Waals surface area contributed by atoms with Crippen LogP contribution in [0.15, 0.2) is 24.3 Å². The molecular weight excluding hydrogens is 313 g/mol. The summed E-state index contributed by atoms with van der Waals surface area (Å²) in [4.78, 5) is 35.3. The Morgan fingerprint density at radius 1 is 1.08 bits per heavy atom. The van der Waals surface area contributed by atoms with E-state index in [9.17, 15) is 18.8 Å². The van der Waals surface area contributed by atoms with Crippen LogP contribution in [-0.4, -0.2) is 29.8 Å². The molecule has 1 rings (SSSR count). The number of hydrogen-bond acceptors (Lipinski definition) is 3. The van der Waals surface area contributed by atoms with Crippen LogP contribution in [-0.2, 0) is 20.8 Å². The summed E-state index contributed by atoms with van der Waals surface area (Å²) < 4.78 is 13.0. The van der Waals surface area contributed by atoms with Crippen LogP contribution in [0, 0.1) is 11.7 Å². The molecule has 0 aliphatic rings. The van der Waals surface area contributed by atoms with Crippen LogP contribution in [0.5, 0.6) is 0 Å². The van der Waals surface area contributed by atoms with Crippen molar-refractivity contribution in [1.82, 2.24) is 10.6 Å². The molecule has 7 heteroatoms. The maximum absolute atomic E-state index is 13.0. The normalized spacial score (nSPS) is 13.2. The summed E-state index contributed by atoms with van der Waals surface area (Å²) in [5.41, 5.74) is 6.01. The van der Waals surface area contributed by atoms with E-state index in [1.54, 1.807) is 0 Å². The highest BCUT2D eigenvalue weighted by atomic mass is 19.1. The van der Waals surface area contributed by atoms with E-state index < -0.39 is 23.9 Å². The second-order valence-electron chi connectivity index (χ2n) is 6.18. The number of nitrogens with one attached hydrogen (secondary N) is 2. The van der Waals surface area contributed by atoms with E-state index in [0.717, 1.165) is 0 Å². The third-order valence-corrected chi connectivity index (χ3v) is 3.41. The monoisotopic (exact) mass is 337 g/mol. The molecule has 0 bridgehead atoms. The van der Waals surface area contributed by atoms with Crippen molar-refractivity contribution >= 4 is 17.7 Å². The fraction of sp³-hybridized carbons (Fsp3) is 0.471. The predicted molar refractivity (Wildman–Crippen MR) is 88.3 cm³/mol. The molecule has 0 heterocycles. The number of halogens is 1. The molecule has 132 valence electrons. The highest BCUT2D eigenvalue weighted by molar-refractivity contribution is 5.91. The lowest BCUT2D eigenvalue weighted by atomic mass is 10.0. The van der Waals surface area contributed by atoms with Gasteiger partial charge in [-0.1, -0.05) is 26.0 Å². The summed E-state index contributed by atoms with van der Waals surface area (Å²) in [5.74, 6) is -1.72. The minimum absolute atomic E-state index is 0.166. The molecule has 1 aromatic rings. The molecule has 0 saturated carbocycles. The summed E-state index contributed by atoms with van der Waals surface area (Å²) in [6.45, 7) is 5.11. The van der Waals surface area contributed by atoms with Crippen molar-refractivity contribution in [1.29, 1.82) is 0 Å². The van der Waals surface area contributed by atoms with Crippen molar-refractivity contribution in [3.63, 3.8) is 0 Å². The van der Waals surface area contributed by atoms with E-state index in [0.29, 0.717) is 12.0 Å². The number of nitrogens with two attached hydrogens (primary N) is 1. The molecule has 3 amide bonds. The fourth-order valence-corrected chi connectivity index (χ4v) is 2.30. The Morgan fingerprint density at radius 3 is 2.12 bits per heavy atom. The van der Waals surface area contributed by atoms with Crippen LogP contribution in [0.1, 0.15) is 32.8 Å². The lowest BCUT2D eigenvalue weighted by molar-refractivity contribution is -0.131. The summed E-state index contributed by atoms with van der Waals surface area (Å²) in [7, 11) is 0. The highest BCUT2D eigenvalue weighted by Gasteiger charge is 2.25. The van der Waals surface area contributed by atoms with Crippen LogP contribution >= 0.6 is 0 Å². The van der Waals surface area contributed by atoms with E-state index in [1.165, 1.54) is 31.2 Å². The molecule has 4 N–H and O–H groups in total. The van der Waals surface area contributed by atoms with Gasteiger partial charge in [-0.3, -0.25) is 14.4 Å². The summed E-state index contributed by atoms with van der Waals surface area (Å²) in [6.07, 6.45) is 0.587. The van der Waals surface area contributed by atoms with Crippen LogP contribution in [0.2, 0.25) is 0 Å². The van der Waals surface area contributed by atoms with Crippen molar-refractivity contribution in [2.24, 2.45) is 11.7 Å². The van der Waals surface area contributed by atoms with Gasteiger partial charge in [0.05, 0.1) is 0 Å². The Balaban J connectivity index is 2.85. The van der Waals surface area contributed by atoms with Gasteiger partial charge in [-0.2, -0.15) is 0 Å². The first-order chi connectivity index (χ1) is 11.2. The number of hydrogen-bond donors (Lipinski definition) is 3. The summed E-state index contributed by atoms with van der Waals surface area (Å²) in [5, 5.41) is 5.13. The van der Waals surface area contributed by atoms with Gasteiger partial charge in [0, 0.05) is 13.3 Å². The zero-order valence-corrected chi connectivity index (χ0v) is 14.1. The Kier molecular flexibility index (Phi) is 7.35. The number of primary amides is 1. The van der Waals surface area contributed by atoms with E-state index in [2.05, 4.69) is 10.6 Å². The average Bonchev–Trinajstić information content (AvgIpc) is 2.47. The van der Waals surface area contributed by atoms with Gasteiger partial charge in [0.1, 0.15) is 17.9 Å². The van der Waals surface area contributed by atoms with Crippen molar-refractivity contribution in [3.05, 3.63) is 35.6 Å². The van der Waals surface area contributed by atoms with Crippen LogP contribution in [0.4, 0.5) is 4.39 Å². The first-order valence-electron chi connectivity index (χ1n) is 7.80. The summed E-state index contributed by atoms with van der Waals surface area (Å²) in [6, 6.07) is 3.96. The van der Waals surface area contributed by atoms with Crippen LogP contribution < -0.4 is 16.4 Å². The topological polar surface area (TPSA) is 101 Å². The zero-order chi connectivity index (χ0) is 18.3. The molecule has 0 aromatic heterocycles. The fourth-order valence-electron chi connectivity index (χ4n) is 2.30. The Morgan fingerprint density at radius 2 is 1.67 bits per heavy atom. The zero-order valence-electron chi connectivity index (χ0n) is 14.1. The van der Waals surface area contributed by atoms with Crippen molar-refractivity contribution in [2.75, 3.05) is 0 Å². The first kappa shape index (κ1) is 19.6. The Labute approximate surface area is 141 Å². The molecule has 0 fully saturated rings. The lowest BCUT2D eigenvalue weighted by Crippen LogP contribution is -2.53. The minimum atomic E-state index is -0.873. The van der Waals surface area contributed by atoms with Crippen LogP contribution in [0.25, 0.3) is 0 Å². The van der Waals surface area contributed by atoms with Gasteiger partial charge in [0.2, 0.25) is 17.7 Å². The second-order valence-corrected chi connectivity index (χ2v) is 6.18. The smallest absolute Gasteiger partial charge is 0.243 e. The van der Waals surface area contributed by atoms with Crippen molar-refractivity contribution in [2.45, 2.75) is 45.7 Å². The molecule has 0 aliphatic carbocycles. The Hall–Kier alpha value is -2.44. The average molecular weight is 337 g/mol. The maximum atomic E-state index is 13.0. The van der Waals surface area contributed by atoms with E-state index in [4.69, 9.17) is 5.73 Å². The lowest BCUT2D eigenvalue weighted by Gasteiger charge is -2.22. The van der Waals surface area contributed by atoms with E-state index in [-0.39, 0.29) is 24.1 Å². The van der Waals surface area contributed by atoms with Gasteiger partial charge >= 0.3 is 0 Å². The molecule has 2 atom stereocenters. The van der Waals surface area contributed by atoms with E-state index in [1.807, 2.05) is 13.8 Å². The van der Waals surface area contributed by atoms with Gasteiger partial charge < -0.3 is 16.4 Å². The number of carbonyl (C=O) groups is 3. The first-order valence-corrected chi connectivity index (χ1v) is 7.80. The molecular formula is C17H24FN3O3. The molecule has 0 radical (unpaired) electrons. The molecule has 0 saturated heterocycles. The van der Waals surface area contributed by atoms with Crippen LogP contribution in [0.3, 0.4) is 0 Å². The molecule has 1 aromatic carbocycles. The largest absolute Gasteiger partial charge is 0.368 e. The number of benzene rings is 1. The van der Waals surface area contributed by atoms with Crippen molar-refractivity contribution < 1.29 is 18.8 Å². The van der Waals surface area contributed by atoms with Gasteiger partial charge in [-0.15, -0.1) is 0 Å². The quantitative estimate of drug-likeness (QED) is 0.656. The molecule has 0 spiro atoms. The van der Waals surface area contributed by atoms with Gasteiger partial charge in [-0.05, 0) is 30.0 Å². The van der Waals surface area contributed by atoms with E-state index >= 15 is 0 Å². The molecule has 0 unspecified atom stereocenters. The number of amides is 3.